The Labute approximate surface area is 151 Å². The van der Waals surface area contributed by atoms with Gasteiger partial charge in [-0.2, -0.15) is 0 Å². The summed E-state index contributed by atoms with van der Waals surface area (Å²) in [6.45, 7) is 0.0393. The number of hydrogen-bond acceptors (Lipinski definition) is 4. The van der Waals surface area contributed by atoms with Gasteiger partial charge < -0.3 is 16.4 Å². The third kappa shape index (κ3) is 3.54. The van der Waals surface area contributed by atoms with E-state index < -0.39 is 17.5 Å². The molecule has 8 nitrogen and oxygen atoms in total. The van der Waals surface area contributed by atoms with Crippen LogP contribution in [0.1, 0.15) is 48.9 Å². The molecular weight excluding hydrogens is 336 g/mol. The lowest BCUT2D eigenvalue weighted by atomic mass is 9.82. The lowest BCUT2D eigenvalue weighted by Crippen LogP contribution is -2.48. The topological polar surface area (TPSA) is 122 Å². The van der Waals surface area contributed by atoms with Crippen molar-refractivity contribution in [1.82, 2.24) is 10.2 Å². The van der Waals surface area contributed by atoms with E-state index in [4.69, 9.17) is 5.73 Å². The quantitative estimate of drug-likeness (QED) is 0.688. The van der Waals surface area contributed by atoms with E-state index in [0.29, 0.717) is 24.1 Å². The van der Waals surface area contributed by atoms with Crippen LogP contribution in [0.2, 0.25) is 0 Å². The Balaban J connectivity index is 1.55. The van der Waals surface area contributed by atoms with Crippen molar-refractivity contribution in [3.8, 4) is 0 Å². The first kappa shape index (κ1) is 17.9. The Morgan fingerprint density at radius 1 is 1.12 bits per heavy atom. The van der Waals surface area contributed by atoms with E-state index in [1.165, 1.54) is 12.1 Å². The molecule has 1 aromatic rings. The van der Waals surface area contributed by atoms with Gasteiger partial charge in [-0.05, 0) is 37.1 Å². The van der Waals surface area contributed by atoms with Crippen LogP contribution < -0.4 is 16.4 Å². The van der Waals surface area contributed by atoms with Crippen molar-refractivity contribution in [3.63, 3.8) is 0 Å². The number of nitrogens with one attached hydrogen (secondary N) is 2. The highest BCUT2D eigenvalue weighted by molar-refractivity contribution is 6.07. The Kier molecular flexibility index (Phi) is 4.92. The number of carbonyl (C=O) groups excluding carboxylic acids is 4. The van der Waals surface area contributed by atoms with E-state index in [0.717, 1.165) is 24.2 Å². The number of nitrogens with zero attached hydrogens (tertiary/aromatic N) is 1. The molecular formula is C18H22N4O4. The highest BCUT2D eigenvalue weighted by Crippen LogP contribution is 2.33. The van der Waals surface area contributed by atoms with Gasteiger partial charge in [0, 0.05) is 24.2 Å². The number of nitrogens with two attached hydrogens (primary N) is 1. The maximum Gasteiger partial charge on any atom is 0.325 e. The van der Waals surface area contributed by atoms with Gasteiger partial charge in [-0.25, -0.2) is 4.79 Å². The van der Waals surface area contributed by atoms with Gasteiger partial charge in [-0.15, -0.1) is 0 Å². The van der Waals surface area contributed by atoms with Crippen LogP contribution in [-0.2, 0) is 9.59 Å². The molecule has 0 aromatic heterocycles. The van der Waals surface area contributed by atoms with Crippen molar-refractivity contribution in [1.29, 1.82) is 0 Å². The first-order valence-electron chi connectivity index (χ1n) is 8.75. The number of carbonyl (C=O) groups is 4. The second kappa shape index (κ2) is 7.15. The molecule has 0 atom stereocenters. The number of imide groups is 1. The Morgan fingerprint density at radius 2 is 1.77 bits per heavy atom. The monoisotopic (exact) mass is 358 g/mol. The van der Waals surface area contributed by atoms with Gasteiger partial charge in [0.05, 0.1) is 0 Å². The number of anilines is 1. The molecule has 0 radical (unpaired) electrons. The van der Waals surface area contributed by atoms with E-state index in [1.54, 1.807) is 12.1 Å². The van der Waals surface area contributed by atoms with Crippen LogP contribution in [0.25, 0.3) is 0 Å². The van der Waals surface area contributed by atoms with Crippen LogP contribution in [0.15, 0.2) is 24.3 Å². The molecule has 1 saturated heterocycles. The van der Waals surface area contributed by atoms with Crippen molar-refractivity contribution in [2.45, 2.75) is 44.1 Å². The van der Waals surface area contributed by atoms with Crippen LogP contribution in [0.5, 0.6) is 0 Å². The molecule has 1 aliphatic heterocycles. The fourth-order valence-corrected chi connectivity index (χ4v) is 3.53. The molecule has 4 N–H and O–H groups in total. The minimum atomic E-state index is -0.767. The van der Waals surface area contributed by atoms with Gasteiger partial charge in [0.1, 0.15) is 5.54 Å². The maximum atomic E-state index is 12.6. The van der Waals surface area contributed by atoms with Gasteiger partial charge in [-0.1, -0.05) is 19.3 Å². The highest BCUT2D eigenvalue weighted by atomic mass is 16.2. The summed E-state index contributed by atoms with van der Waals surface area (Å²) in [5, 5.41) is 5.49. The average molecular weight is 358 g/mol. The van der Waals surface area contributed by atoms with Crippen LogP contribution in [0.4, 0.5) is 10.5 Å². The summed E-state index contributed by atoms with van der Waals surface area (Å²) in [6.07, 6.45) is 4.23. The fraction of sp³-hybridized carbons (Fsp3) is 0.444. The summed E-state index contributed by atoms with van der Waals surface area (Å²) in [6, 6.07) is 5.76. The molecule has 1 spiro atoms. The van der Waals surface area contributed by atoms with Crippen molar-refractivity contribution in [2.24, 2.45) is 5.73 Å². The van der Waals surface area contributed by atoms with Crippen LogP contribution in [0, 0.1) is 0 Å². The lowest BCUT2D eigenvalue weighted by Gasteiger charge is -2.30. The summed E-state index contributed by atoms with van der Waals surface area (Å²) in [4.78, 5) is 49.1. The molecule has 138 valence electrons. The zero-order valence-electron chi connectivity index (χ0n) is 14.4. The number of hydrogen-bond donors (Lipinski definition) is 3. The van der Waals surface area contributed by atoms with Crippen molar-refractivity contribution in [2.75, 3.05) is 11.9 Å². The van der Waals surface area contributed by atoms with Gasteiger partial charge in [0.25, 0.3) is 5.91 Å². The Bertz CT molecular complexity index is 738. The SMILES string of the molecule is NC(=O)c1ccc(NC(=O)CCN2C(=O)NC3(CCCCC3)C2=O)cc1. The standard InChI is InChI=1S/C18H22N4O4/c19-15(24)12-4-6-13(7-5-12)20-14(23)8-11-22-16(25)18(21-17(22)26)9-2-1-3-10-18/h4-7H,1-3,8-11H2,(H2,19,24)(H,20,23)(H,21,26). The number of urea groups is 1. The molecule has 0 unspecified atom stereocenters. The second-order valence-electron chi connectivity index (χ2n) is 6.77. The summed E-state index contributed by atoms with van der Waals surface area (Å²) < 4.78 is 0. The van der Waals surface area contributed by atoms with E-state index in [1.807, 2.05) is 0 Å². The summed E-state index contributed by atoms with van der Waals surface area (Å²) in [5.41, 5.74) is 5.26. The molecule has 5 amide bonds. The fourth-order valence-electron chi connectivity index (χ4n) is 3.53. The Morgan fingerprint density at radius 3 is 2.38 bits per heavy atom. The number of primary amides is 1. The van der Waals surface area contributed by atoms with E-state index in [-0.39, 0.29) is 24.8 Å². The Hall–Kier alpha value is -2.90. The molecule has 1 heterocycles. The molecule has 0 bridgehead atoms. The molecule has 8 heteroatoms. The average Bonchev–Trinajstić information content (AvgIpc) is 2.84. The largest absolute Gasteiger partial charge is 0.366 e. The summed E-state index contributed by atoms with van der Waals surface area (Å²) in [5.74, 6) is -1.08. The van der Waals surface area contributed by atoms with E-state index in [9.17, 15) is 19.2 Å². The molecule has 3 rings (SSSR count). The minimum absolute atomic E-state index is 0.00676. The third-order valence-corrected chi connectivity index (χ3v) is 4.97. The second-order valence-corrected chi connectivity index (χ2v) is 6.77. The van der Waals surface area contributed by atoms with Gasteiger partial charge in [0.2, 0.25) is 11.8 Å². The minimum Gasteiger partial charge on any atom is -0.366 e. The molecule has 1 aromatic carbocycles. The number of rotatable bonds is 5. The van der Waals surface area contributed by atoms with Gasteiger partial charge in [0.15, 0.2) is 0 Å². The first-order chi connectivity index (χ1) is 12.4. The summed E-state index contributed by atoms with van der Waals surface area (Å²) >= 11 is 0. The summed E-state index contributed by atoms with van der Waals surface area (Å²) in [7, 11) is 0. The van der Waals surface area contributed by atoms with E-state index >= 15 is 0 Å². The van der Waals surface area contributed by atoms with Crippen LogP contribution in [-0.4, -0.2) is 40.7 Å². The zero-order chi connectivity index (χ0) is 18.7. The van der Waals surface area contributed by atoms with Crippen LogP contribution >= 0.6 is 0 Å². The smallest absolute Gasteiger partial charge is 0.325 e. The first-order valence-corrected chi connectivity index (χ1v) is 8.75. The number of amides is 5. The highest BCUT2D eigenvalue weighted by Gasteiger charge is 2.50. The van der Waals surface area contributed by atoms with Gasteiger partial charge in [-0.3, -0.25) is 19.3 Å². The number of benzene rings is 1. The maximum absolute atomic E-state index is 12.6. The lowest BCUT2D eigenvalue weighted by molar-refractivity contribution is -0.132. The predicted molar refractivity (Wildman–Crippen MR) is 94.3 cm³/mol. The molecule has 26 heavy (non-hydrogen) atoms. The van der Waals surface area contributed by atoms with Crippen molar-refractivity contribution < 1.29 is 19.2 Å². The van der Waals surface area contributed by atoms with Crippen molar-refractivity contribution >= 4 is 29.4 Å². The predicted octanol–water partition coefficient (Wildman–Crippen LogP) is 1.37. The molecule has 2 aliphatic rings. The van der Waals surface area contributed by atoms with Crippen molar-refractivity contribution in [3.05, 3.63) is 29.8 Å². The molecule has 1 aliphatic carbocycles. The van der Waals surface area contributed by atoms with E-state index in [2.05, 4.69) is 10.6 Å². The third-order valence-electron chi connectivity index (χ3n) is 4.97. The van der Waals surface area contributed by atoms with Gasteiger partial charge >= 0.3 is 6.03 Å². The zero-order valence-corrected chi connectivity index (χ0v) is 14.4. The van der Waals surface area contributed by atoms with Crippen LogP contribution in [0.3, 0.4) is 0 Å². The molecule has 1 saturated carbocycles. The normalized spacial score (nSPS) is 18.7. The molecule has 2 fully saturated rings.